The van der Waals surface area contributed by atoms with Gasteiger partial charge in [0.1, 0.15) is 16.9 Å². The average molecular weight is 246 g/mol. The standard InChI is InChI=1S/C12H18N6/c1-7-11-10(17-16-7)4-14-12(15-11)8-3-9(13)6-18(2)5-8/h4,8-9H,3,5-6,13H2,1-2H3,(H,16,17). The van der Waals surface area contributed by atoms with Gasteiger partial charge in [0.15, 0.2) is 0 Å². The fraction of sp³-hybridized carbons (Fsp3) is 0.583. The van der Waals surface area contributed by atoms with E-state index in [2.05, 4.69) is 32.1 Å². The average Bonchev–Trinajstić information content (AvgIpc) is 2.69. The van der Waals surface area contributed by atoms with Crippen molar-refractivity contribution >= 4 is 11.0 Å². The molecule has 6 heteroatoms. The molecule has 0 bridgehead atoms. The smallest absolute Gasteiger partial charge is 0.133 e. The number of likely N-dealkylation sites (N-methyl/N-ethyl adjacent to an activating group) is 1. The molecule has 1 aliphatic heterocycles. The predicted octanol–water partition coefficient (Wildman–Crippen LogP) is 0.408. The molecule has 2 aromatic rings. The molecule has 0 saturated carbocycles. The molecule has 0 amide bonds. The van der Waals surface area contributed by atoms with Gasteiger partial charge in [-0.1, -0.05) is 0 Å². The third kappa shape index (κ3) is 1.97. The normalized spacial score (nSPS) is 25.7. The Hall–Kier alpha value is -1.53. The Balaban J connectivity index is 1.95. The van der Waals surface area contributed by atoms with Crippen molar-refractivity contribution in [3.63, 3.8) is 0 Å². The van der Waals surface area contributed by atoms with Crippen molar-refractivity contribution in [2.75, 3.05) is 20.1 Å². The van der Waals surface area contributed by atoms with Crippen LogP contribution < -0.4 is 5.73 Å². The molecule has 6 nitrogen and oxygen atoms in total. The number of nitrogens with zero attached hydrogens (tertiary/aromatic N) is 4. The van der Waals surface area contributed by atoms with E-state index in [-0.39, 0.29) is 6.04 Å². The van der Waals surface area contributed by atoms with Crippen LogP contribution in [-0.4, -0.2) is 51.2 Å². The lowest BCUT2D eigenvalue weighted by atomic mass is 9.94. The van der Waals surface area contributed by atoms with Crippen molar-refractivity contribution in [3.05, 3.63) is 17.7 Å². The Morgan fingerprint density at radius 3 is 3.06 bits per heavy atom. The Morgan fingerprint density at radius 2 is 2.28 bits per heavy atom. The Kier molecular flexibility index (Phi) is 2.76. The van der Waals surface area contributed by atoms with E-state index < -0.39 is 0 Å². The maximum Gasteiger partial charge on any atom is 0.133 e. The molecule has 2 unspecified atom stereocenters. The lowest BCUT2D eigenvalue weighted by Gasteiger charge is -2.32. The molecule has 3 N–H and O–H groups in total. The number of piperidine rings is 1. The topological polar surface area (TPSA) is 83.7 Å². The number of aromatic nitrogens is 4. The van der Waals surface area contributed by atoms with Gasteiger partial charge >= 0.3 is 0 Å². The van der Waals surface area contributed by atoms with E-state index in [0.717, 1.165) is 42.1 Å². The summed E-state index contributed by atoms with van der Waals surface area (Å²) < 4.78 is 0. The molecule has 2 atom stereocenters. The summed E-state index contributed by atoms with van der Waals surface area (Å²) in [7, 11) is 2.09. The highest BCUT2D eigenvalue weighted by molar-refractivity contribution is 5.75. The van der Waals surface area contributed by atoms with E-state index in [4.69, 9.17) is 5.73 Å². The van der Waals surface area contributed by atoms with Gasteiger partial charge in [0.05, 0.1) is 11.9 Å². The van der Waals surface area contributed by atoms with Crippen LogP contribution in [0, 0.1) is 6.92 Å². The van der Waals surface area contributed by atoms with Gasteiger partial charge in [0, 0.05) is 25.0 Å². The van der Waals surface area contributed by atoms with Crippen LogP contribution in [0.2, 0.25) is 0 Å². The number of aromatic amines is 1. The van der Waals surface area contributed by atoms with E-state index in [1.54, 1.807) is 6.20 Å². The van der Waals surface area contributed by atoms with E-state index in [1.165, 1.54) is 0 Å². The summed E-state index contributed by atoms with van der Waals surface area (Å²) in [6, 6.07) is 0.207. The van der Waals surface area contributed by atoms with Gasteiger partial charge in [-0.2, -0.15) is 5.10 Å². The summed E-state index contributed by atoms with van der Waals surface area (Å²) in [5.41, 5.74) is 8.79. The highest BCUT2D eigenvalue weighted by Crippen LogP contribution is 2.24. The van der Waals surface area contributed by atoms with Crippen LogP contribution in [0.25, 0.3) is 11.0 Å². The Bertz CT molecular complexity index is 553. The first-order valence-corrected chi connectivity index (χ1v) is 6.25. The molecule has 18 heavy (non-hydrogen) atoms. The van der Waals surface area contributed by atoms with Crippen LogP contribution in [0.1, 0.15) is 23.9 Å². The van der Waals surface area contributed by atoms with Crippen LogP contribution in [0.15, 0.2) is 6.20 Å². The number of fused-ring (bicyclic) bond motifs is 1. The number of likely N-dealkylation sites (tertiary alicyclic amines) is 1. The van der Waals surface area contributed by atoms with Gasteiger partial charge in [-0.3, -0.25) is 5.10 Å². The van der Waals surface area contributed by atoms with Gasteiger partial charge < -0.3 is 10.6 Å². The summed E-state index contributed by atoms with van der Waals surface area (Å²) in [4.78, 5) is 11.3. The summed E-state index contributed by atoms with van der Waals surface area (Å²) in [5.74, 6) is 1.20. The summed E-state index contributed by atoms with van der Waals surface area (Å²) in [6.07, 6.45) is 2.74. The maximum atomic E-state index is 6.06. The van der Waals surface area contributed by atoms with E-state index >= 15 is 0 Å². The minimum atomic E-state index is 0.207. The zero-order chi connectivity index (χ0) is 12.7. The minimum Gasteiger partial charge on any atom is -0.327 e. The van der Waals surface area contributed by atoms with Crippen LogP contribution in [-0.2, 0) is 0 Å². The molecule has 3 heterocycles. The predicted molar refractivity (Wildman–Crippen MR) is 69.3 cm³/mol. The number of nitrogens with two attached hydrogens (primary N) is 1. The fourth-order valence-electron chi connectivity index (χ4n) is 2.69. The molecule has 96 valence electrons. The molecule has 0 aromatic carbocycles. The number of nitrogens with one attached hydrogen (secondary N) is 1. The highest BCUT2D eigenvalue weighted by Gasteiger charge is 2.26. The van der Waals surface area contributed by atoms with Gasteiger partial charge in [-0.05, 0) is 20.4 Å². The quantitative estimate of drug-likeness (QED) is 0.761. The second-order valence-corrected chi connectivity index (χ2v) is 5.22. The number of hydrogen-bond donors (Lipinski definition) is 2. The first-order chi connectivity index (χ1) is 8.63. The molecule has 1 fully saturated rings. The number of hydrogen-bond acceptors (Lipinski definition) is 5. The molecule has 0 radical (unpaired) electrons. The second kappa shape index (κ2) is 4.29. The van der Waals surface area contributed by atoms with Crippen LogP contribution in [0.3, 0.4) is 0 Å². The van der Waals surface area contributed by atoms with E-state index in [0.29, 0.717) is 5.92 Å². The number of H-pyrrole nitrogens is 1. The van der Waals surface area contributed by atoms with Crippen molar-refractivity contribution in [1.29, 1.82) is 0 Å². The summed E-state index contributed by atoms with van der Waals surface area (Å²) in [5, 5.41) is 7.09. The van der Waals surface area contributed by atoms with Gasteiger partial charge in [-0.25, -0.2) is 9.97 Å². The van der Waals surface area contributed by atoms with Crippen LogP contribution in [0.5, 0.6) is 0 Å². The Labute approximate surface area is 106 Å². The number of rotatable bonds is 1. The molecule has 3 rings (SSSR count). The van der Waals surface area contributed by atoms with Gasteiger partial charge in [0.25, 0.3) is 0 Å². The zero-order valence-electron chi connectivity index (χ0n) is 10.7. The van der Waals surface area contributed by atoms with E-state index in [1.807, 2.05) is 6.92 Å². The van der Waals surface area contributed by atoms with E-state index in [9.17, 15) is 0 Å². The molecule has 0 aliphatic carbocycles. The third-order valence-electron chi connectivity index (χ3n) is 3.52. The molecule has 1 aliphatic rings. The lowest BCUT2D eigenvalue weighted by molar-refractivity contribution is 0.222. The first-order valence-electron chi connectivity index (χ1n) is 6.25. The van der Waals surface area contributed by atoms with Crippen molar-refractivity contribution in [1.82, 2.24) is 25.1 Å². The van der Waals surface area contributed by atoms with Gasteiger partial charge in [-0.15, -0.1) is 0 Å². The summed E-state index contributed by atoms with van der Waals surface area (Å²) in [6.45, 7) is 3.89. The van der Waals surface area contributed by atoms with Crippen molar-refractivity contribution in [2.24, 2.45) is 5.73 Å². The molecule has 1 saturated heterocycles. The van der Waals surface area contributed by atoms with Crippen LogP contribution in [0.4, 0.5) is 0 Å². The van der Waals surface area contributed by atoms with Crippen molar-refractivity contribution in [3.8, 4) is 0 Å². The second-order valence-electron chi connectivity index (χ2n) is 5.22. The maximum absolute atomic E-state index is 6.06. The van der Waals surface area contributed by atoms with Crippen molar-refractivity contribution in [2.45, 2.75) is 25.3 Å². The largest absolute Gasteiger partial charge is 0.327 e. The fourth-order valence-corrected chi connectivity index (χ4v) is 2.69. The lowest BCUT2D eigenvalue weighted by Crippen LogP contribution is -2.44. The minimum absolute atomic E-state index is 0.207. The molecule has 2 aromatic heterocycles. The summed E-state index contributed by atoms with van der Waals surface area (Å²) >= 11 is 0. The monoisotopic (exact) mass is 246 g/mol. The zero-order valence-corrected chi connectivity index (χ0v) is 10.7. The number of aryl methyl sites for hydroxylation is 1. The third-order valence-corrected chi connectivity index (χ3v) is 3.52. The molecular weight excluding hydrogens is 228 g/mol. The van der Waals surface area contributed by atoms with Gasteiger partial charge in [0.2, 0.25) is 0 Å². The highest BCUT2D eigenvalue weighted by atomic mass is 15.2. The van der Waals surface area contributed by atoms with Crippen molar-refractivity contribution < 1.29 is 0 Å². The molecular formula is C12H18N6. The SMILES string of the molecule is Cc1[nH]nc2cnc(C3CC(N)CN(C)C3)nc12. The first kappa shape index (κ1) is 11.6. The Morgan fingerprint density at radius 1 is 1.44 bits per heavy atom. The molecule has 0 spiro atoms. The van der Waals surface area contributed by atoms with Crippen LogP contribution >= 0.6 is 0 Å².